The molecule has 0 fully saturated rings. The van der Waals surface area contributed by atoms with Crippen LogP contribution < -0.4 is 20.5 Å². The molecule has 0 saturated heterocycles. The molecule has 5 nitrogen and oxygen atoms in total. The minimum Gasteiger partial charge on any atom is -0.497 e. The van der Waals surface area contributed by atoms with Crippen LogP contribution in [0.4, 0.5) is 10.1 Å². The zero-order valence-electron chi connectivity index (χ0n) is 12.3. The number of halogens is 1. The number of guanidine groups is 1. The standard InChI is InChI=1S/C16H18FN3O2/c1-21-14-6-3-5-13(11-14)20-16(18)19-8-9-22-15-7-2-4-12(17)10-15/h2-7,10-11H,8-9H2,1H3,(H3,18,19,20). The van der Waals surface area contributed by atoms with Crippen molar-refractivity contribution in [2.45, 2.75) is 0 Å². The van der Waals surface area contributed by atoms with Crippen molar-refractivity contribution in [3.63, 3.8) is 0 Å². The average Bonchev–Trinajstić information content (AvgIpc) is 2.52. The molecule has 0 atom stereocenters. The lowest BCUT2D eigenvalue weighted by Crippen LogP contribution is -2.23. The van der Waals surface area contributed by atoms with E-state index in [0.717, 1.165) is 11.4 Å². The highest BCUT2D eigenvalue weighted by Crippen LogP contribution is 2.16. The number of rotatable bonds is 6. The van der Waals surface area contributed by atoms with E-state index in [-0.39, 0.29) is 11.8 Å². The first kappa shape index (κ1) is 15.6. The second-order valence-electron chi connectivity index (χ2n) is 4.43. The Morgan fingerprint density at radius 3 is 2.73 bits per heavy atom. The number of nitrogens with one attached hydrogen (secondary N) is 1. The van der Waals surface area contributed by atoms with Crippen LogP contribution >= 0.6 is 0 Å². The zero-order chi connectivity index (χ0) is 15.8. The molecule has 116 valence electrons. The molecule has 0 aliphatic carbocycles. The van der Waals surface area contributed by atoms with Gasteiger partial charge in [-0.15, -0.1) is 0 Å². The summed E-state index contributed by atoms with van der Waals surface area (Å²) in [6.07, 6.45) is 0. The molecule has 0 bridgehead atoms. The van der Waals surface area contributed by atoms with Gasteiger partial charge in [-0.2, -0.15) is 0 Å². The van der Waals surface area contributed by atoms with Crippen molar-refractivity contribution in [1.29, 1.82) is 0 Å². The highest BCUT2D eigenvalue weighted by atomic mass is 19.1. The Kier molecular flexibility index (Phi) is 5.59. The molecule has 2 aromatic rings. The predicted octanol–water partition coefficient (Wildman–Crippen LogP) is 2.64. The first-order chi connectivity index (χ1) is 10.7. The maximum Gasteiger partial charge on any atom is 0.193 e. The van der Waals surface area contributed by atoms with E-state index in [1.54, 1.807) is 19.2 Å². The fourth-order valence-electron chi connectivity index (χ4n) is 1.77. The molecular formula is C16H18FN3O2. The van der Waals surface area contributed by atoms with Gasteiger partial charge in [0.25, 0.3) is 0 Å². The lowest BCUT2D eigenvalue weighted by Gasteiger charge is -2.08. The zero-order valence-corrected chi connectivity index (χ0v) is 12.3. The lowest BCUT2D eigenvalue weighted by atomic mass is 10.3. The Morgan fingerprint density at radius 1 is 1.18 bits per heavy atom. The number of nitrogens with zero attached hydrogens (tertiary/aromatic N) is 1. The quantitative estimate of drug-likeness (QED) is 0.489. The van der Waals surface area contributed by atoms with Crippen molar-refractivity contribution in [1.82, 2.24) is 0 Å². The van der Waals surface area contributed by atoms with Crippen molar-refractivity contribution in [2.24, 2.45) is 10.7 Å². The van der Waals surface area contributed by atoms with E-state index in [0.29, 0.717) is 18.9 Å². The molecule has 22 heavy (non-hydrogen) atoms. The van der Waals surface area contributed by atoms with Crippen LogP contribution in [0.2, 0.25) is 0 Å². The molecule has 0 radical (unpaired) electrons. The van der Waals surface area contributed by atoms with Crippen molar-refractivity contribution < 1.29 is 13.9 Å². The summed E-state index contributed by atoms with van der Waals surface area (Å²) in [7, 11) is 1.60. The molecule has 0 spiro atoms. The number of anilines is 1. The Bertz CT molecular complexity index is 647. The molecule has 3 N–H and O–H groups in total. The van der Waals surface area contributed by atoms with E-state index in [1.165, 1.54) is 12.1 Å². The Labute approximate surface area is 128 Å². The molecular weight excluding hydrogens is 285 g/mol. The number of benzene rings is 2. The van der Waals surface area contributed by atoms with Crippen LogP contribution in [0.1, 0.15) is 0 Å². The van der Waals surface area contributed by atoms with Crippen LogP contribution in [0, 0.1) is 5.82 Å². The molecule has 0 saturated carbocycles. The highest BCUT2D eigenvalue weighted by molar-refractivity contribution is 5.92. The minimum absolute atomic E-state index is 0.274. The fourth-order valence-corrected chi connectivity index (χ4v) is 1.77. The van der Waals surface area contributed by atoms with Crippen molar-refractivity contribution in [2.75, 3.05) is 25.6 Å². The van der Waals surface area contributed by atoms with Gasteiger partial charge >= 0.3 is 0 Å². The summed E-state index contributed by atoms with van der Waals surface area (Å²) < 4.78 is 23.5. The van der Waals surface area contributed by atoms with Gasteiger partial charge in [0.05, 0.1) is 13.7 Å². The molecule has 0 amide bonds. The predicted molar refractivity (Wildman–Crippen MR) is 85.0 cm³/mol. The summed E-state index contributed by atoms with van der Waals surface area (Å²) in [5, 5.41) is 2.96. The largest absolute Gasteiger partial charge is 0.497 e. The second-order valence-corrected chi connectivity index (χ2v) is 4.43. The minimum atomic E-state index is -0.333. The maximum atomic E-state index is 13.0. The van der Waals surface area contributed by atoms with Gasteiger partial charge in [-0.05, 0) is 24.3 Å². The van der Waals surface area contributed by atoms with E-state index >= 15 is 0 Å². The van der Waals surface area contributed by atoms with Gasteiger partial charge in [0.2, 0.25) is 0 Å². The fraction of sp³-hybridized carbons (Fsp3) is 0.188. The topological polar surface area (TPSA) is 68.9 Å². The molecule has 0 unspecified atom stereocenters. The van der Waals surface area contributed by atoms with Gasteiger partial charge in [-0.25, -0.2) is 9.38 Å². The second kappa shape index (κ2) is 7.87. The highest BCUT2D eigenvalue weighted by Gasteiger charge is 1.98. The molecule has 6 heteroatoms. The summed E-state index contributed by atoms with van der Waals surface area (Å²) in [5.41, 5.74) is 6.57. The molecule has 2 rings (SSSR count). The smallest absolute Gasteiger partial charge is 0.193 e. The number of methoxy groups -OCH3 is 1. The monoisotopic (exact) mass is 303 g/mol. The van der Waals surface area contributed by atoms with Crippen LogP contribution in [-0.4, -0.2) is 26.2 Å². The van der Waals surface area contributed by atoms with Crippen molar-refractivity contribution in [3.8, 4) is 11.5 Å². The molecule has 2 aromatic carbocycles. The third-order valence-electron chi connectivity index (χ3n) is 2.78. The van der Waals surface area contributed by atoms with E-state index in [4.69, 9.17) is 15.2 Å². The van der Waals surface area contributed by atoms with Crippen LogP contribution in [0.15, 0.2) is 53.5 Å². The molecule has 0 aliphatic heterocycles. The van der Waals surface area contributed by atoms with Gasteiger partial charge < -0.3 is 20.5 Å². The SMILES string of the molecule is COc1cccc(NC(N)=NCCOc2cccc(F)c2)c1. The first-order valence-corrected chi connectivity index (χ1v) is 6.77. The maximum absolute atomic E-state index is 13.0. The summed E-state index contributed by atoms with van der Waals surface area (Å²) in [6, 6.07) is 13.3. The summed E-state index contributed by atoms with van der Waals surface area (Å²) in [4.78, 5) is 4.14. The lowest BCUT2D eigenvalue weighted by molar-refractivity contribution is 0.327. The third-order valence-corrected chi connectivity index (χ3v) is 2.78. The van der Waals surface area contributed by atoms with E-state index < -0.39 is 0 Å². The Balaban J connectivity index is 1.80. The van der Waals surface area contributed by atoms with Gasteiger partial charge in [-0.3, -0.25) is 0 Å². The summed E-state index contributed by atoms with van der Waals surface area (Å²) in [6.45, 7) is 0.670. The summed E-state index contributed by atoms with van der Waals surface area (Å²) in [5.74, 6) is 1.14. The van der Waals surface area contributed by atoms with Crippen molar-refractivity contribution in [3.05, 3.63) is 54.3 Å². The molecule has 0 aromatic heterocycles. The summed E-state index contributed by atoms with van der Waals surface area (Å²) >= 11 is 0. The van der Waals surface area contributed by atoms with Gasteiger partial charge in [-0.1, -0.05) is 12.1 Å². The van der Waals surface area contributed by atoms with E-state index in [2.05, 4.69) is 10.3 Å². The van der Waals surface area contributed by atoms with Crippen LogP contribution in [0.25, 0.3) is 0 Å². The first-order valence-electron chi connectivity index (χ1n) is 6.77. The Morgan fingerprint density at radius 2 is 1.95 bits per heavy atom. The Hall–Kier alpha value is -2.76. The van der Waals surface area contributed by atoms with Crippen LogP contribution in [-0.2, 0) is 0 Å². The molecule has 0 heterocycles. The van der Waals surface area contributed by atoms with Gasteiger partial charge in [0.15, 0.2) is 5.96 Å². The van der Waals surface area contributed by atoms with Crippen LogP contribution in [0.5, 0.6) is 11.5 Å². The van der Waals surface area contributed by atoms with Gasteiger partial charge in [0, 0.05) is 17.8 Å². The normalized spacial score (nSPS) is 11.1. The van der Waals surface area contributed by atoms with Gasteiger partial charge in [0.1, 0.15) is 23.9 Å². The van der Waals surface area contributed by atoms with E-state index in [1.807, 2.05) is 24.3 Å². The average molecular weight is 303 g/mol. The number of nitrogens with two attached hydrogens (primary N) is 1. The number of hydrogen-bond donors (Lipinski definition) is 2. The number of ether oxygens (including phenoxy) is 2. The van der Waals surface area contributed by atoms with E-state index in [9.17, 15) is 4.39 Å². The third kappa shape index (κ3) is 4.97. The molecule has 0 aliphatic rings. The van der Waals surface area contributed by atoms with Crippen molar-refractivity contribution >= 4 is 11.6 Å². The van der Waals surface area contributed by atoms with Crippen LogP contribution in [0.3, 0.4) is 0 Å². The number of hydrogen-bond acceptors (Lipinski definition) is 3. The number of aliphatic imine (C=N–C) groups is 1.